The average Bonchev–Trinajstić information content (AvgIpc) is 2.80. The highest BCUT2D eigenvalue weighted by Gasteiger charge is 2.54. The van der Waals surface area contributed by atoms with Crippen LogP contribution in [0.5, 0.6) is 0 Å². The number of carboxylic acid groups (broad SMARTS) is 1. The summed E-state index contributed by atoms with van der Waals surface area (Å²) in [5.41, 5.74) is 7.58. The predicted molar refractivity (Wildman–Crippen MR) is 121 cm³/mol. The second kappa shape index (κ2) is 9.30. The molecule has 0 spiro atoms. The van der Waals surface area contributed by atoms with E-state index in [4.69, 9.17) is 5.73 Å². The number of Topliss-reactive ketones (excluding diaryl/α,β-unsaturated/α-hetero) is 1. The number of thioether (sulfide) groups is 2. The third-order valence-corrected chi connectivity index (χ3v) is 7.94. The lowest BCUT2D eigenvalue weighted by molar-refractivity contribution is -0.154. The van der Waals surface area contributed by atoms with E-state index < -0.39 is 17.9 Å². The number of carbonyl (C=O) groups is 3. The summed E-state index contributed by atoms with van der Waals surface area (Å²) in [6.45, 7) is 0. The Balaban J connectivity index is 1.46. The summed E-state index contributed by atoms with van der Waals surface area (Å²) in [7, 11) is 0. The van der Waals surface area contributed by atoms with E-state index in [1.807, 2.05) is 48.5 Å². The van der Waals surface area contributed by atoms with Crippen LogP contribution in [0.4, 0.5) is 0 Å². The minimum Gasteiger partial charge on any atom is -0.477 e. The maximum atomic E-state index is 12.8. The molecule has 31 heavy (non-hydrogen) atoms. The summed E-state index contributed by atoms with van der Waals surface area (Å²) < 4.78 is 0. The number of nitrogens with zero attached hydrogens (tertiary/aromatic N) is 1. The number of carbonyl (C=O) groups excluding carboxylic acids is 2. The van der Waals surface area contributed by atoms with Gasteiger partial charge in [0.25, 0.3) is 0 Å². The van der Waals surface area contributed by atoms with Crippen molar-refractivity contribution in [2.24, 2.45) is 11.7 Å². The predicted octanol–water partition coefficient (Wildman–Crippen LogP) is 3.31. The highest BCUT2D eigenvalue weighted by molar-refractivity contribution is 8.01. The molecule has 2 aromatic carbocycles. The first-order chi connectivity index (χ1) is 15.0. The molecule has 0 radical (unpaired) electrons. The van der Waals surface area contributed by atoms with E-state index in [0.29, 0.717) is 17.1 Å². The zero-order chi connectivity index (χ0) is 22.0. The second-order valence-electron chi connectivity index (χ2n) is 7.43. The third-order valence-electron chi connectivity index (χ3n) is 5.44. The van der Waals surface area contributed by atoms with E-state index in [2.05, 4.69) is 0 Å². The van der Waals surface area contributed by atoms with Crippen molar-refractivity contribution in [3.05, 3.63) is 77.5 Å². The molecule has 3 atom stereocenters. The number of amides is 1. The van der Waals surface area contributed by atoms with Gasteiger partial charge in [-0.15, -0.1) is 23.5 Å². The fourth-order valence-corrected chi connectivity index (χ4v) is 6.28. The molecule has 1 fully saturated rings. The lowest BCUT2D eigenvalue weighted by Crippen LogP contribution is -2.62. The minimum atomic E-state index is -1.10. The van der Waals surface area contributed by atoms with Gasteiger partial charge in [-0.05, 0) is 23.3 Å². The molecule has 2 heterocycles. The Kier molecular flexibility index (Phi) is 6.50. The maximum Gasteiger partial charge on any atom is 0.352 e. The zero-order valence-electron chi connectivity index (χ0n) is 16.6. The number of ketones is 1. The number of hydrogen-bond acceptors (Lipinski definition) is 6. The Labute approximate surface area is 188 Å². The van der Waals surface area contributed by atoms with Crippen LogP contribution in [0, 0.1) is 5.92 Å². The Hall–Kier alpha value is -2.55. The lowest BCUT2D eigenvalue weighted by atomic mass is 9.87. The number of hydrogen-bond donors (Lipinski definition) is 2. The normalized spacial score (nSPS) is 21.3. The first kappa shape index (κ1) is 21.7. The number of nitrogens with two attached hydrogens (primary N) is 1. The van der Waals surface area contributed by atoms with Crippen LogP contribution in [0.2, 0.25) is 0 Å². The molecule has 4 rings (SSSR count). The lowest BCUT2D eigenvalue weighted by Gasteiger charge is -2.49. The van der Waals surface area contributed by atoms with E-state index in [1.165, 1.54) is 16.7 Å². The van der Waals surface area contributed by atoms with Gasteiger partial charge in [-0.3, -0.25) is 14.5 Å². The van der Waals surface area contributed by atoms with Gasteiger partial charge in [0.15, 0.2) is 5.78 Å². The number of β-lactam (4-membered cyclic amide) rings is 1. The highest BCUT2D eigenvalue weighted by Crippen LogP contribution is 2.46. The van der Waals surface area contributed by atoms with Crippen LogP contribution in [0.1, 0.15) is 18.0 Å². The summed E-state index contributed by atoms with van der Waals surface area (Å²) in [5.74, 6) is -1.15. The first-order valence-corrected chi connectivity index (χ1v) is 11.9. The molecule has 0 aromatic heterocycles. The molecule has 2 aliphatic heterocycles. The molecule has 1 amide bonds. The topological polar surface area (TPSA) is 101 Å². The molecule has 160 valence electrons. The highest BCUT2D eigenvalue weighted by atomic mass is 32.2. The van der Waals surface area contributed by atoms with Crippen molar-refractivity contribution in [3.8, 4) is 0 Å². The molecule has 0 aliphatic carbocycles. The first-order valence-electron chi connectivity index (χ1n) is 9.88. The number of rotatable bonds is 8. The maximum absolute atomic E-state index is 12.8. The average molecular weight is 455 g/mol. The molecule has 0 saturated carbocycles. The van der Waals surface area contributed by atoms with Gasteiger partial charge in [0, 0.05) is 22.8 Å². The van der Waals surface area contributed by atoms with Crippen LogP contribution in [-0.2, 0) is 14.4 Å². The Morgan fingerprint density at radius 3 is 2.42 bits per heavy atom. The fraction of sp³-hybridized carbons (Fsp3) is 0.261. The molecule has 0 bridgehead atoms. The quantitative estimate of drug-likeness (QED) is 0.466. The molecule has 3 N–H and O–H groups in total. The van der Waals surface area contributed by atoms with Gasteiger partial charge in [-0.25, -0.2) is 4.79 Å². The summed E-state index contributed by atoms with van der Waals surface area (Å²) >= 11 is 3.06. The SMILES string of the molecule is N[C@@H](C(=O)C[C@@H]1C(=O)N2C(C(=O)O)=C(CSc3ccccc3)CSC12)c1ccccc1. The van der Waals surface area contributed by atoms with Crippen molar-refractivity contribution in [3.63, 3.8) is 0 Å². The molecule has 1 unspecified atom stereocenters. The van der Waals surface area contributed by atoms with Crippen molar-refractivity contribution in [2.45, 2.75) is 22.7 Å². The van der Waals surface area contributed by atoms with Gasteiger partial charge in [0.05, 0.1) is 17.3 Å². The smallest absolute Gasteiger partial charge is 0.352 e. The van der Waals surface area contributed by atoms with Crippen molar-refractivity contribution >= 4 is 41.2 Å². The van der Waals surface area contributed by atoms with Gasteiger partial charge < -0.3 is 10.8 Å². The fourth-order valence-electron chi connectivity index (χ4n) is 3.81. The van der Waals surface area contributed by atoms with Crippen LogP contribution >= 0.6 is 23.5 Å². The second-order valence-corrected chi connectivity index (χ2v) is 9.59. The Bertz CT molecular complexity index is 1030. The third kappa shape index (κ3) is 4.42. The van der Waals surface area contributed by atoms with Crippen LogP contribution in [-0.4, -0.2) is 44.5 Å². The largest absolute Gasteiger partial charge is 0.477 e. The Morgan fingerprint density at radius 2 is 1.77 bits per heavy atom. The van der Waals surface area contributed by atoms with Crippen LogP contribution < -0.4 is 5.73 Å². The molecule has 1 saturated heterocycles. The standard InChI is InChI=1S/C23H22N2O4S2/c24-19(14-7-3-1-4-8-14)18(26)11-17-21(27)25-20(23(28)29)15(13-31-22(17)25)12-30-16-9-5-2-6-10-16/h1-10,17,19,22H,11-13,24H2,(H,28,29)/t17-,19-,22?/m1/s1. The van der Waals surface area contributed by atoms with Crippen LogP contribution in [0.3, 0.4) is 0 Å². The summed E-state index contributed by atoms with van der Waals surface area (Å²) in [6.07, 6.45) is 0.0179. The number of aliphatic carboxylic acids is 1. The van der Waals surface area contributed by atoms with Gasteiger partial charge in [-0.2, -0.15) is 0 Å². The van der Waals surface area contributed by atoms with Gasteiger partial charge in [-0.1, -0.05) is 48.5 Å². The van der Waals surface area contributed by atoms with E-state index in [1.54, 1.807) is 23.9 Å². The van der Waals surface area contributed by atoms with Gasteiger partial charge in [0.1, 0.15) is 5.70 Å². The van der Waals surface area contributed by atoms with E-state index in [9.17, 15) is 19.5 Å². The number of carboxylic acids is 1. The van der Waals surface area contributed by atoms with Gasteiger partial charge in [0.2, 0.25) is 5.91 Å². The van der Waals surface area contributed by atoms with Crippen LogP contribution in [0.15, 0.2) is 76.8 Å². The number of benzene rings is 2. The summed E-state index contributed by atoms with van der Waals surface area (Å²) in [5, 5.41) is 9.46. The molecule has 8 heteroatoms. The van der Waals surface area contributed by atoms with E-state index in [0.717, 1.165) is 10.5 Å². The monoisotopic (exact) mass is 454 g/mol. The van der Waals surface area contributed by atoms with Gasteiger partial charge >= 0.3 is 5.97 Å². The van der Waals surface area contributed by atoms with Crippen molar-refractivity contribution < 1.29 is 19.5 Å². The zero-order valence-corrected chi connectivity index (χ0v) is 18.3. The Morgan fingerprint density at radius 1 is 1.13 bits per heavy atom. The molecule has 2 aliphatic rings. The molecule has 6 nitrogen and oxygen atoms in total. The van der Waals surface area contributed by atoms with Crippen molar-refractivity contribution in [2.75, 3.05) is 11.5 Å². The van der Waals surface area contributed by atoms with E-state index >= 15 is 0 Å². The molecular formula is C23H22N2O4S2. The van der Waals surface area contributed by atoms with Crippen molar-refractivity contribution in [1.82, 2.24) is 4.90 Å². The van der Waals surface area contributed by atoms with Crippen molar-refractivity contribution in [1.29, 1.82) is 0 Å². The van der Waals surface area contributed by atoms with Crippen LogP contribution in [0.25, 0.3) is 0 Å². The summed E-state index contributed by atoms with van der Waals surface area (Å²) in [4.78, 5) is 39.9. The summed E-state index contributed by atoms with van der Waals surface area (Å²) in [6, 6.07) is 18.0. The molecular weight excluding hydrogens is 432 g/mol. The minimum absolute atomic E-state index is 0.0179. The number of fused-ring (bicyclic) bond motifs is 1. The molecule has 2 aromatic rings. The van der Waals surface area contributed by atoms with E-state index in [-0.39, 0.29) is 29.2 Å².